The Morgan fingerprint density at radius 1 is 1.62 bits per heavy atom. The lowest BCUT2D eigenvalue weighted by atomic mass is 9.83. The van der Waals surface area contributed by atoms with Gasteiger partial charge in [-0.3, -0.25) is 0 Å². The summed E-state index contributed by atoms with van der Waals surface area (Å²) in [6, 6.07) is 0. The van der Waals surface area contributed by atoms with Gasteiger partial charge < -0.3 is 9.63 Å². The minimum absolute atomic E-state index is 0.398. The van der Waals surface area contributed by atoms with Gasteiger partial charge in [-0.2, -0.15) is 4.98 Å². The maximum atomic E-state index is 9.16. The van der Waals surface area contributed by atoms with E-state index in [-0.39, 0.29) is 0 Å². The summed E-state index contributed by atoms with van der Waals surface area (Å²) in [5, 5.41) is 12.8. The molecule has 0 amide bonds. The van der Waals surface area contributed by atoms with Crippen LogP contribution < -0.4 is 0 Å². The molecule has 1 aromatic rings. The van der Waals surface area contributed by atoms with Crippen molar-refractivity contribution in [3.05, 3.63) is 11.7 Å². The van der Waals surface area contributed by atoms with Crippen LogP contribution in [0.4, 0.5) is 0 Å². The second kappa shape index (κ2) is 3.46. The molecule has 0 aliphatic heterocycles. The normalized spacial score (nSPS) is 19.8. The second-order valence-electron chi connectivity index (χ2n) is 3.72. The van der Waals surface area contributed by atoms with Crippen LogP contribution in [0.5, 0.6) is 0 Å². The molecule has 0 bridgehead atoms. The van der Waals surface area contributed by atoms with Crippen molar-refractivity contribution >= 4 is 0 Å². The molecule has 1 atom stereocenters. The maximum Gasteiger partial charge on any atom is 0.227 e. The lowest BCUT2D eigenvalue weighted by Crippen LogP contribution is -2.13. The molecule has 1 heterocycles. The van der Waals surface area contributed by atoms with Crippen LogP contribution in [0.2, 0.25) is 0 Å². The van der Waals surface area contributed by atoms with Crippen LogP contribution in [0, 0.1) is 5.92 Å². The van der Waals surface area contributed by atoms with Gasteiger partial charge in [-0.15, -0.1) is 0 Å². The molecule has 4 heteroatoms. The van der Waals surface area contributed by atoms with Crippen molar-refractivity contribution in [1.82, 2.24) is 10.1 Å². The van der Waals surface area contributed by atoms with E-state index in [9.17, 15) is 0 Å². The van der Waals surface area contributed by atoms with Crippen molar-refractivity contribution in [1.29, 1.82) is 0 Å². The lowest BCUT2D eigenvalue weighted by Gasteiger charge is -2.23. The van der Waals surface area contributed by atoms with Gasteiger partial charge in [-0.1, -0.05) is 11.6 Å². The third-order valence-electron chi connectivity index (χ3n) is 2.55. The smallest absolute Gasteiger partial charge is 0.227 e. The highest BCUT2D eigenvalue weighted by Gasteiger charge is 2.21. The van der Waals surface area contributed by atoms with Gasteiger partial charge in [0.1, 0.15) is 6.10 Å². The first-order valence-electron chi connectivity index (χ1n) is 4.76. The number of aliphatic hydroxyl groups is 1. The standard InChI is InChI=1S/C9H14N2O2/c1-6(12)9-10-8(13-11-9)5-7-3-2-4-7/h6-7,12H,2-5H2,1H3. The molecule has 1 fully saturated rings. The minimum atomic E-state index is -0.626. The number of rotatable bonds is 3. The van der Waals surface area contributed by atoms with E-state index >= 15 is 0 Å². The first-order valence-corrected chi connectivity index (χ1v) is 4.76. The molecule has 1 unspecified atom stereocenters. The first-order chi connectivity index (χ1) is 6.25. The number of aromatic nitrogens is 2. The number of nitrogens with zero attached hydrogens (tertiary/aromatic N) is 2. The van der Waals surface area contributed by atoms with Gasteiger partial charge in [-0.25, -0.2) is 0 Å². The van der Waals surface area contributed by atoms with E-state index in [1.54, 1.807) is 6.92 Å². The van der Waals surface area contributed by atoms with Crippen molar-refractivity contribution in [2.45, 2.75) is 38.7 Å². The third-order valence-corrected chi connectivity index (χ3v) is 2.55. The van der Waals surface area contributed by atoms with E-state index < -0.39 is 6.10 Å². The second-order valence-corrected chi connectivity index (χ2v) is 3.72. The van der Waals surface area contributed by atoms with Crippen LogP contribution in [0.1, 0.15) is 44.0 Å². The number of aliphatic hydroxyl groups excluding tert-OH is 1. The average Bonchev–Trinajstić information content (AvgIpc) is 2.44. The molecule has 4 nitrogen and oxygen atoms in total. The van der Waals surface area contributed by atoms with Crippen molar-refractivity contribution in [2.24, 2.45) is 5.92 Å². The zero-order valence-corrected chi connectivity index (χ0v) is 7.73. The lowest BCUT2D eigenvalue weighted by molar-refractivity contribution is 0.184. The molecule has 13 heavy (non-hydrogen) atoms. The molecule has 2 rings (SSSR count). The van der Waals surface area contributed by atoms with Crippen LogP contribution >= 0.6 is 0 Å². The van der Waals surface area contributed by atoms with E-state index in [4.69, 9.17) is 9.63 Å². The quantitative estimate of drug-likeness (QED) is 0.768. The Labute approximate surface area is 77.0 Å². The third kappa shape index (κ3) is 1.88. The monoisotopic (exact) mass is 182 g/mol. The number of hydrogen-bond donors (Lipinski definition) is 1. The summed E-state index contributed by atoms with van der Waals surface area (Å²) in [6.07, 6.45) is 4.11. The summed E-state index contributed by atoms with van der Waals surface area (Å²) >= 11 is 0. The Bertz CT molecular complexity index is 279. The molecule has 1 saturated carbocycles. The molecule has 1 N–H and O–H groups in total. The zero-order chi connectivity index (χ0) is 9.26. The molecule has 1 aliphatic rings. The van der Waals surface area contributed by atoms with Gasteiger partial charge in [0.05, 0.1) is 0 Å². The molecule has 1 aliphatic carbocycles. The minimum Gasteiger partial charge on any atom is -0.385 e. The Hall–Kier alpha value is -0.900. The molecule has 1 aromatic heterocycles. The summed E-state index contributed by atoms with van der Waals surface area (Å²) in [5.74, 6) is 1.79. The van der Waals surface area contributed by atoms with Crippen molar-refractivity contribution in [3.8, 4) is 0 Å². The maximum absolute atomic E-state index is 9.16. The SMILES string of the molecule is CC(O)c1noc(CC2CCC2)n1. The zero-order valence-electron chi connectivity index (χ0n) is 7.73. The Morgan fingerprint density at radius 2 is 2.38 bits per heavy atom. The van der Waals surface area contributed by atoms with Gasteiger partial charge in [0.15, 0.2) is 5.82 Å². The molecular formula is C9H14N2O2. The van der Waals surface area contributed by atoms with E-state index in [2.05, 4.69) is 10.1 Å². The van der Waals surface area contributed by atoms with E-state index in [1.807, 2.05) is 0 Å². The predicted octanol–water partition coefficient (Wildman–Crippen LogP) is 1.47. The summed E-state index contributed by atoms with van der Waals surface area (Å²) in [6.45, 7) is 1.64. The highest BCUT2D eigenvalue weighted by molar-refractivity contribution is 4.91. The van der Waals surface area contributed by atoms with Crippen molar-refractivity contribution < 1.29 is 9.63 Å². The van der Waals surface area contributed by atoms with Gasteiger partial charge in [0.25, 0.3) is 0 Å². The predicted molar refractivity (Wildman–Crippen MR) is 46.0 cm³/mol. The highest BCUT2D eigenvalue weighted by Crippen LogP contribution is 2.29. The van der Waals surface area contributed by atoms with Crippen molar-refractivity contribution in [2.75, 3.05) is 0 Å². The van der Waals surface area contributed by atoms with Gasteiger partial charge >= 0.3 is 0 Å². The Balaban J connectivity index is 1.96. The van der Waals surface area contributed by atoms with E-state index in [0.29, 0.717) is 11.7 Å². The summed E-state index contributed by atoms with van der Waals surface area (Å²) in [7, 11) is 0. The van der Waals surface area contributed by atoms with Crippen LogP contribution in [0.3, 0.4) is 0 Å². The first kappa shape index (κ1) is 8.69. The van der Waals surface area contributed by atoms with E-state index in [0.717, 1.165) is 12.3 Å². The van der Waals surface area contributed by atoms with E-state index in [1.165, 1.54) is 19.3 Å². The average molecular weight is 182 g/mol. The van der Waals surface area contributed by atoms with Gasteiger partial charge in [0.2, 0.25) is 5.89 Å². The fraction of sp³-hybridized carbons (Fsp3) is 0.778. The fourth-order valence-electron chi connectivity index (χ4n) is 1.46. The molecule has 0 radical (unpaired) electrons. The van der Waals surface area contributed by atoms with Crippen LogP contribution in [-0.4, -0.2) is 15.2 Å². The largest absolute Gasteiger partial charge is 0.385 e. The Kier molecular flexibility index (Phi) is 2.31. The fourth-order valence-corrected chi connectivity index (χ4v) is 1.46. The highest BCUT2D eigenvalue weighted by atomic mass is 16.5. The molecule has 0 spiro atoms. The molecule has 0 saturated heterocycles. The summed E-state index contributed by atoms with van der Waals surface area (Å²) in [5.41, 5.74) is 0. The van der Waals surface area contributed by atoms with Gasteiger partial charge in [0, 0.05) is 6.42 Å². The van der Waals surface area contributed by atoms with Crippen LogP contribution in [0.25, 0.3) is 0 Å². The molecular weight excluding hydrogens is 168 g/mol. The molecule has 0 aromatic carbocycles. The summed E-state index contributed by atoms with van der Waals surface area (Å²) < 4.78 is 5.01. The molecule has 72 valence electrons. The topological polar surface area (TPSA) is 59.2 Å². The number of hydrogen-bond acceptors (Lipinski definition) is 4. The van der Waals surface area contributed by atoms with Crippen molar-refractivity contribution in [3.63, 3.8) is 0 Å². The van der Waals surface area contributed by atoms with Crippen LogP contribution in [-0.2, 0) is 6.42 Å². The van der Waals surface area contributed by atoms with Gasteiger partial charge in [-0.05, 0) is 25.7 Å². The Morgan fingerprint density at radius 3 is 2.85 bits per heavy atom. The summed E-state index contributed by atoms with van der Waals surface area (Å²) in [4.78, 5) is 4.10. The van der Waals surface area contributed by atoms with Crippen LogP contribution in [0.15, 0.2) is 4.52 Å².